The predicted octanol–water partition coefficient (Wildman–Crippen LogP) is 2.89. The van der Waals surface area contributed by atoms with Gasteiger partial charge in [0, 0.05) is 58.7 Å². The van der Waals surface area contributed by atoms with Gasteiger partial charge in [0.15, 0.2) is 5.96 Å². The van der Waals surface area contributed by atoms with E-state index in [0.717, 1.165) is 50.9 Å². The standard InChI is InChI=1S/C22H36N4O2/c1-23-21(25-17-22(9-5-10-22)11-13-27-2)24-15-18-8-12-26(16-18)19-6-4-7-20(14-19)28-3/h4,6-7,14,18H,5,8-13,15-17H2,1-3H3,(H2,23,24,25). The van der Waals surface area contributed by atoms with Crippen molar-refractivity contribution in [1.29, 1.82) is 0 Å². The molecule has 1 unspecified atom stereocenters. The van der Waals surface area contributed by atoms with Crippen LogP contribution in [0.1, 0.15) is 32.1 Å². The van der Waals surface area contributed by atoms with E-state index in [1.54, 1.807) is 14.2 Å². The number of guanidine groups is 1. The number of methoxy groups -OCH3 is 2. The lowest BCUT2D eigenvalue weighted by atomic mass is 9.67. The number of aliphatic imine (C=N–C) groups is 1. The summed E-state index contributed by atoms with van der Waals surface area (Å²) in [6.07, 6.45) is 6.24. The highest BCUT2D eigenvalue weighted by atomic mass is 16.5. The van der Waals surface area contributed by atoms with Crippen molar-refractivity contribution in [3.63, 3.8) is 0 Å². The van der Waals surface area contributed by atoms with E-state index in [0.29, 0.717) is 11.3 Å². The van der Waals surface area contributed by atoms with Gasteiger partial charge in [-0.05, 0) is 49.1 Å². The second kappa shape index (κ2) is 10.0. The largest absolute Gasteiger partial charge is 0.497 e. The van der Waals surface area contributed by atoms with Crippen molar-refractivity contribution in [2.45, 2.75) is 32.1 Å². The van der Waals surface area contributed by atoms with Gasteiger partial charge < -0.3 is 25.0 Å². The number of benzene rings is 1. The fourth-order valence-electron chi connectivity index (χ4n) is 4.28. The van der Waals surface area contributed by atoms with Crippen molar-refractivity contribution in [3.05, 3.63) is 24.3 Å². The molecule has 6 nitrogen and oxygen atoms in total. The Balaban J connectivity index is 1.43. The molecule has 0 bridgehead atoms. The number of nitrogens with zero attached hydrogens (tertiary/aromatic N) is 2. The zero-order valence-corrected chi connectivity index (χ0v) is 17.7. The molecule has 1 aromatic rings. The summed E-state index contributed by atoms with van der Waals surface area (Å²) in [5.41, 5.74) is 1.64. The molecule has 1 aromatic carbocycles. The number of nitrogens with one attached hydrogen (secondary N) is 2. The van der Waals surface area contributed by atoms with Gasteiger partial charge in [0.25, 0.3) is 0 Å². The lowest BCUT2D eigenvalue weighted by molar-refractivity contribution is 0.0732. The molecule has 0 radical (unpaired) electrons. The summed E-state index contributed by atoms with van der Waals surface area (Å²) in [6.45, 7) is 4.93. The highest BCUT2D eigenvalue weighted by molar-refractivity contribution is 5.79. The Morgan fingerprint density at radius 2 is 2.14 bits per heavy atom. The second-order valence-corrected chi connectivity index (χ2v) is 8.21. The smallest absolute Gasteiger partial charge is 0.191 e. The average molecular weight is 389 g/mol. The van der Waals surface area contributed by atoms with Gasteiger partial charge in [-0.1, -0.05) is 12.5 Å². The zero-order chi connectivity index (χ0) is 19.8. The van der Waals surface area contributed by atoms with Crippen LogP contribution in [0.2, 0.25) is 0 Å². The molecule has 0 spiro atoms. The minimum atomic E-state index is 0.393. The van der Waals surface area contributed by atoms with Crippen LogP contribution in [0.15, 0.2) is 29.3 Å². The van der Waals surface area contributed by atoms with Crippen LogP contribution in [0.5, 0.6) is 5.75 Å². The normalized spacial score (nSPS) is 21.3. The van der Waals surface area contributed by atoms with Gasteiger partial charge in [-0.3, -0.25) is 4.99 Å². The molecule has 2 N–H and O–H groups in total. The highest BCUT2D eigenvalue weighted by Crippen LogP contribution is 2.43. The topological polar surface area (TPSA) is 58.1 Å². The Kier molecular flexibility index (Phi) is 7.43. The third-order valence-corrected chi connectivity index (χ3v) is 6.37. The van der Waals surface area contributed by atoms with Crippen LogP contribution in [0, 0.1) is 11.3 Å². The van der Waals surface area contributed by atoms with Gasteiger partial charge in [-0.2, -0.15) is 0 Å². The van der Waals surface area contributed by atoms with E-state index in [1.807, 2.05) is 13.1 Å². The summed E-state index contributed by atoms with van der Waals surface area (Å²) < 4.78 is 10.7. The second-order valence-electron chi connectivity index (χ2n) is 8.21. The van der Waals surface area contributed by atoms with Crippen molar-refractivity contribution in [2.24, 2.45) is 16.3 Å². The molecular formula is C22H36N4O2. The van der Waals surface area contributed by atoms with E-state index in [-0.39, 0.29) is 0 Å². The average Bonchev–Trinajstić information content (AvgIpc) is 3.18. The van der Waals surface area contributed by atoms with Gasteiger partial charge >= 0.3 is 0 Å². The summed E-state index contributed by atoms with van der Waals surface area (Å²) in [4.78, 5) is 6.87. The minimum Gasteiger partial charge on any atom is -0.497 e. The van der Waals surface area contributed by atoms with E-state index < -0.39 is 0 Å². The number of rotatable bonds is 9. The van der Waals surface area contributed by atoms with Crippen molar-refractivity contribution >= 4 is 11.6 Å². The Bertz CT molecular complexity index is 645. The molecule has 1 saturated heterocycles. The number of hydrogen-bond donors (Lipinski definition) is 2. The van der Waals surface area contributed by atoms with Crippen LogP contribution in [0.25, 0.3) is 0 Å². The first-order valence-electron chi connectivity index (χ1n) is 10.5. The molecule has 6 heteroatoms. The molecule has 28 heavy (non-hydrogen) atoms. The van der Waals surface area contributed by atoms with E-state index in [2.05, 4.69) is 38.7 Å². The molecular weight excluding hydrogens is 352 g/mol. The fourth-order valence-corrected chi connectivity index (χ4v) is 4.28. The summed E-state index contributed by atoms with van der Waals surface area (Å²) in [5, 5.41) is 7.10. The maximum absolute atomic E-state index is 5.36. The molecule has 1 aliphatic heterocycles. The Morgan fingerprint density at radius 1 is 1.29 bits per heavy atom. The Labute approximate surface area is 169 Å². The van der Waals surface area contributed by atoms with E-state index in [4.69, 9.17) is 9.47 Å². The SMILES string of the molecule is CN=C(NCC1CCN(c2cccc(OC)c2)C1)NCC1(CCOC)CCC1. The van der Waals surface area contributed by atoms with Crippen LogP contribution >= 0.6 is 0 Å². The molecule has 156 valence electrons. The molecule has 2 aliphatic rings. The first-order chi connectivity index (χ1) is 13.7. The zero-order valence-electron chi connectivity index (χ0n) is 17.7. The van der Waals surface area contributed by atoms with Gasteiger partial charge in [-0.15, -0.1) is 0 Å². The first kappa shape index (κ1) is 20.8. The summed E-state index contributed by atoms with van der Waals surface area (Å²) >= 11 is 0. The van der Waals surface area contributed by atoms with Crippen molar-refractivity contribution in [2.75, 3.05) is 59.0 Å². The molecule has 0 amide bonds. The lowest BCUT2D eigenvalue weighted by Crippen LogP contribution is -2.47. The van der Waals surface area contributed by atoms with Gasteiger partial charge in [-0.25, -0.2) is 0 Å². The first-order valence-corrected chi connectivity index (χ1v) is 10.5. The number of hydrogen-bond acceptors (Lipinski definition) is 4. The highest BCUT2D eigenvalue weighted by Gasteiger charge is 2.36. The van der Waals surface area contributed by atoms with Gasteiger partial charge in [0.2, 0.25) is 0 Å². The van der Waals surface area contributed by atoms with Gasteiger partial charge in [0.1, 0.15) is 5.75 Å². The van der Waals surface area contributed by atoms with Crippen molar-refractivity contribution < 1.29 is 9.47 Å². The lowest BCUT2D eigenvalue weighted by Gasteiger charge is -2.42. The van der Waals surface area contributed by atoms with Crippen molar-refractivity contribution in [3.8, 4) is 5.75 Å². The van der Waals surface area contributed by atoms with Crippen LogP contribution < -0.4 is 20.3 Å². The van der Waals surface area contributed by atoms with Crippen LogP contribution in [0.4, 0.5) is 5.69 Å². The summed E-state index contributed by atoms with van der Waals surface area (Å²) in [5.74, 6) is 2.46. The number of anilines is 1. The molecule has 1 saturated carbocycles. The number of ether oxygens (including phenoxy) is 2. The third-order valence-electron chi connectivity index (χ3n) is 6.37. The fraction of sp³-hybridized carbons (Fsp3) is 0.682. The van der Waals surface area contributed by atoms with Crippen LogP contribution in [-0.2, 0) is 4.74 Å². The Hall–Kier alpha value is -1.95. The molecule has 1 atom stereocenters. The monoisotopic (exact) mass is 388 g/mol. The summed E-state index contributed by atoms with van der Waals surface area (Å²) in [7, 11) is 5.36. The summed E-state index contributed by atoms with van der Waals surface area (Å²) in [6, 6.07) is 8.34. The maximum Gasteiger partial charge on any atom is 0.191 e. The molecule has 3 rings (SSSR count). The molecule has 2 fully saturated rings. The van der Waals surface area contributed by atoms with E-state index in [1.165, 1.54) is 31.4 Å². The quantitative estimate of drug-likeness (QED) is 0.503. The molecule has 0 aromatic heterocycles. The third kappa shape index (κ3) is 5.31. The predicted molar refractivity (Wildman–Crippen MR) is 115 cm³/mol. The Morgan fingerprint density at radius 3 is 2.82 bits per heavy atom. The molecule has 1 heterocycles. The maximum atomic E-state index is 5.36. The van der Waals surface area contributed by atoms with E-state index in [9.17, 15) is 0 Å². The van der Waals surface area contributed by atoms with Gasteiger partial charge in [0.05, 0.1) is 7.11 Å². The van der Waals surface area contributed by atoms with E-state index >= 15 is 0 Å². The van der Waals surface area contributed by atoms with Crippen LogP contribution in [-0.4, -0.2) is 60.0 Å². The van der Waals surface area contributed by atoms with Crippen molar-refractivity contribution in [1.82, 2.24) is 10.6 Å². The minimum absolute atomic E-state index is 0.393. The molecule has 1 aliphatic carbocycles. The van der Waals surface area contributed by atoms with Crippen LogP contribution in [0.3, 0.4) is 0 Å².